The molecule has 3 spiro atoms. The van der Waals surface area contributed by atoms with Gasteiger partial charge in [0, 0.05) is 80.6 Å². The standard InChI is InChI=1S/C75H110F3N7O20S/c1-44-38-56(45(2)16-18-50-23-27-72(101-50)28-24-55-65(105-72)62(88)48(5)64(99-55)54(86)39-47(4)63-46(3)22-26-71(104-63)25-10-13-32-98-71)103-73(41-44)59(21-19-51(102-73)42-70(6,94)67(90)91)100-69(93)81-30-12-7-11-29-80-66(89)52-20-17-49(74(84-85-74)75(76,77)78)40-57(52)97-37-36-96-35-34-95-33-31-79-60(87)15-9-8-14-58-61-53(43-106-58)82-68(92)83-61/h16-18,20,40-41,45-47,50-51,53-56,58-59,61-65,86,88,94H,5,7-15,19,21-39,42-43H2,1-4,6H3,(H,79,87)(H,80,89)(H,81,93)(H,90,91)(H2,82,83,92)/t45-,46-,47+,50+,51+,53+,54+,55-,56+,58+,59-,61+,62-,63+,64+,65-,70-,71+,72-,73-/m1/s1. The fourth-order valence-electron chi connectivity index (χ4n) is 16.4. The lowest BCUT2D eigenvalue weighted by Gasteiger charge is -2.50. The Kier molecular flexibility index (Phi) is 27.4. The zero-order valence-corrected chi connectivity index (χ0v) is 62.4. The van der Waals surface area contributed by atoms with Crippen LogP contribution >= 0.6 is 11.8 Å². The molecular weight excluding hydrogens is 1410 g/mol. The number of alkyl carbamates (subject to hydrolysis) is 1. The van der Waals surface area contributed by atoms with Crippen molar-refractivity contribution in [2.45, 2.75) is 283 Å². The molecule has 27 nitrogen and oxygen atoms in total. The SMILES string of the molecule is C=C1[C@@H](O)[C@@H]2O[C@]3(CC[C@H](C=C[C@@H](C)[C@@H]4CC(C)=C[C@@]5(O[C@H](C[C@@](C)(O)C(=O)O)CC[C@H]5OC(=O)NCCCCCNC(=O)c5ccc(C6(C(F)(F)F)N=N6)cc5OCCOCCOCCNC(=O)CCCC[C@@H]5SC[C@@H]6NC(=O)N[C@@H]65)O4)O3)CC[C@H]2O[C@@H]1[C@@H](O)C[C@H](C)[C@H]1O[C@@]2(CCCCO2)CC[C@H]1C. The number of carboxylic acids is 1. The van der Waals surface area contributed by atoms with Gasteiger partial charge in [0.2, 0.25) is 11.7 Å². The minimum absolute atomic E-state index is 0.00623. The topological polar surface area (TPSA) is 353 Å². The normalized spacial score (nSPS) is 33.9. The van der Waals surface area contributed by atoms with Gasteiger partial charge in [-0.05, 0) is 139 Å². The van der Waals surface area contributed by atoms with Crippen LogP contribution in [0.1, 0.15) is 185 Å². The first-order chi connectivity index (χ1) is 50.6. The number of thioether (sulfide) groups is 1. The van der Waals surface area contributed by atoms with Crippen LogP contribution in [0, 0.1) is 17.8 Å². The molecule has 5 amide bonds. The Bertz CT molecular complexity index is 3300. The lowest BCUT2D eigenvalue weighted by Crippen LogP contribution is -2.60. The molecule has 0 aromatic heterocycles. The summed E-state index contributed by atoms with van der Waals surface area (Å²) in [5.74, 6) is -4.49. The van der Waals surface area contributed by atoms with Crippen molar-refractivity contribution in [3.05, 3.63) is 65.3 Å². The van der Waals surface area contributed by atoms with Crippen LogP contribution in [-0.4, -0.2) is 223 Å². The van der Waals surface area contributed by atoms with Crippen molar-refractivity contribution in [2.24, 2.45) is 28.0 Å². The number of fused-ring (bicyclic) bond motifs is 2. The molecule has 0 aliphatic carbocycles. The number of hydrogen-bond donors (Lipinski definition) is 9. The van der Waals surface area contributed by atoms with Crippen LogP contribution in [-0.2, 0) is 62.6 Å². The van der Waals surface area contributed by atoms with Gasteiger partial charge in [-0.25, -0.2) is 14.4 Å². The summed E-state index contributed by atoms with van der Waals surface area (Å²) in [6, 6.07) is 3.65. The van der Waals surface area contributed by atoms with Gasteiger partial charge in [0.15, 0.2) is 23.3 Å². The number of aliphatic carboxylic acids is 1. The van der Waals surface area contributed by atoms with E-state index in [1.165, 1.54) is 13.0 Å². The number of unbranched alkanes of at least 4 members (excludes halogenated alkanes) is 3. The molecule has 0 unspecified atom stereocenters. The van der Waals surface area contributed by atoms with E-state index >= 15 is 0 Å². The molecule has 31 heteroatoms. The number of urea groups is 1. The number of nitrogens with zero attached hydrogens (tertiary/aromatic N) is 2. The number of benzene rings is 1. The number of nitrogens with one attached hydrogen (secondary N) is 5. The van der Waals surface area contributed by atoms with Crippen LogP contribution in [0.25, 0.3) is 0 Å². The lowest BCUT2D eigenvalue weighted by atomic mass is 9.79. The van der Waals surface area contributed by atoms with E-state index in [0.29, 0.717) is 94.1 Å². The van der Waals surface area contributed by atoms with Gasteiger partial charge in [0.05, 0.1) is 87.3 Å². The van der Waals surface area contributed by atoms with Gasteiger partial charge in [-0.3, -0.25) is 9.59 Å². The second-order valence-electron chi connectivity index (χ2n) is 30.9. The summed E-state index contributed by atoms with van der Waals surface area (Å²) in [4.78, 5) is 63.3. The summed E-state index contributed by atoms with van der Waals surface area (Å²) >= 11 is 1.84. The molecule has 1 aromatic rings. The van der Waals surface area contributed by atoms with E-state index in [9.17, 15) is 57.6 Å². The van der Waals surface area contributed by atoms with Crippen molar-refractivity contribution < 1.29 is 110 Å². The highest BCUT2D eigenvalue weighted by Crippen LogP contribution is 2.54. The smallest absolute Gasteiger partial charge is 0.442 e. The van der Waals surface area contributed by atoms with Crippen LogP contribution in [0.4, 0.5) is 22.8 Å². The van der Waals surface area contributed by atoms with Crippen LogP contribution in [0.2, 0.25) is 0 Å². The number of hydrogen-bond acceptors (Lipinski definition) is 22. The number of rotatable bonds is 34. The van der Waals surface area contributed by atoms with Gasteiger partial charge in [-0.2, -0.15) is 24.9 Å². The predicted molar refractivity (Wildman–Crippen MR) is 379 cm³/mol. The molecule has 11 rings (SSSR count). The Hall–Kier alpha value is -5.55. The number of amides is 5. The molecule has 8 fully saturated rings. The number of carboxylic acid groups (broad SMARTS) is 1. The zero-order valence-electron chi connectivity index (χ0n) is 61.6. The van der Waals surface area contributed by atoms with Crippen molar-refractivity contribution in [1.82, 2.24) is 26.6 Å². The van der Waals surface area contributed by atoms with E-state index in [0.717, 1.165) is 74.8 Å². The molecule has 1 aromatic carbocycles. The minimum atomic E-state index is -4.82. The largest absolute Gasteiger partial charge is 0.490 e. The zero-order chi connectivity index (χ0) is 75.6. The average molecular weight is 1520 g/mol. The van der Waals surface area contributed by atoms with Gasteiger partial charge in [0.1, 0.15) is 30.7 Å². The van der Waals surface area contributed by atoms with Gasteiger partial charge < -0.3 is 99.1 Å². The summed E-state index contributed by atoms with van der Waals surface area (Å²) in [7, 11) is 0. The average Bonchev–Trinajstić information content (AvgIpc) is 1.50. The maximum Gasteiger partial charge on any atom is 0.442 e. The molecule has 0 radical (unpaired) electrons. The Labute approximate surface area is 622 Å². The van der Waals surface area contributed by atoms with Gasteiger partial charge in [-0.1, -0.05) is 57.6 Å². The second-order valence-corrected chi connectivity index (χ2v) is 32.1. The fourth-order valence-corrected chi connectivity index (χ4v) is 17.9. The van der Waals surface area contributed by atoms with Crippen LogP contribution in [0.5, 0.6) is 5.75 Å². The van der Waals surface area contributed by atoms with E-state index in [1.54, 1.807) is 6.08 Å². The molecule has 10 heterocycles. The van der Waals surface area contributed by atoms with Crippen LogP contribution < -0.4 is 31.3 Å². The third-order valence-electron chi connectivity index (χ3n) is 22.5. The first-order valence-corrected chi connectivity index (χ1v) is 39.3. The third kappa shape index (κ3) is 20.1. The Morgan fingerprint density at radius 2 is 1.62 bits per heavy atom. The predicted octanol–water partition coefficient (Wildman–Crippen LogP) is 8.98. The highest BCUT2D eigenvalue weighted by molar-refractivity contribution is 8.00. The highest BCUT2D eigenvalue weighted by Gasteiger charge is 2.65. The number of carbonyl (C=O) groups is 5. The molecule has 8 saturated heterocycles. The van der Waals surface area contributed by atoms with Gasteiger partial charge in [0.25, 0.3) is 5.91 Å². The molecule has 106 heavy (non-hydrogen) atoms. The Morgan fingerprint density at radius 1 is 0.868 bits per heavy atom. The van der Waals surface area contributed by atoms with E-state index in [2.05, 4.69) is 57.2 Å². The minimum Gasteiger partial charge on any atom is -0.490 e. The van der Waals surface area contributed by atoms with Crippen molar-refractivity contribution >= 4 is 41.7 Å². The lowest BCUT2D eigenvalue weighted by molar-refractivity contribution is -0.320. The summed E-state index contributed by atoms with van der Waals surface area (Å²) < 4.78 is 112. The fraction of sp³-hybridized carbons (Fsp3) is 0.773. The number of aliphatic hydroxyl groups is 3. The maximum absolute atomic E-state index is 14.1. The van der Waals surface area contributed by atoms with Gasteiger partial charge >= 0.3 is 29.9 Å². The summed E-state index contributed by atoms with van der Waals surface area (Å²) in [5, 5.41) is 65.5. The maximum atomic E-state index is 14.1. The van der Waals surface area contributed by atoms with E-state index in [4.69, 9.17) is 52.1 Å². The molecule has 10 aliphatic heterocycles. The summed E-state index contributed by atoms with van der Waals surface area (Å²) in [6.45, 7) is 15.5. The molecule has 0 bridgehead atoms. The number of aliphatic hydroxyl groups excluding tert-OH is 2. The van der Waals surface area contributed by atoms with Gasteiger partial charge in [-0.15, -0.1) is 10.2 Å². The second kappa shape index (κ2) is 35.6. The first kappa shape index (κ1) is 81.4. The number of halogens is 3. The summed E-state index contributed by atoms with van der Waals surface area (Å²) in [5.41, 5.74) is -3.99. The molecular formula is C75H110F3N7O20S. The van der Waals surface area contributed by atoms with E-state index in [1.807, 2.05) is 37.8 Å². The molecule has 20 atom stereocenters. The number of ether oxygens (including phenoxy) is 11. The summed E-state index contributed by atoms with van der Waals surface area (Å²) in [6.07, 6.45) is 5.87. The Balaban J connectivity index is 0.601. The van der Waals surface area contributed by atoms with E-state index < -0.39 is 102 Å². The molecule has 592 valence electrons. The van der Waals surface area contributed by atoms with Crippen molar-refractivity contribution in [3.63, 3.8) is 0 Å². The first-order valence-electron chi connectivity index (χ1n) is 38.3. The highest BCUT2D eigenvalue weighted by atomic mass is 32.2. The number of carbonyl (C=O) groups excluding carboxylic acids is 4. The van der Waals surface area contributed by atoms with Crippen molar-refractivity contribution in [3.8, 4) is 5.75 Å². The molecule has 0 saturated carbocycles. The van der Waals surface area contributed by atoms with E-state index in [-0.39, 0.29) is 130 Å². The Morgan fingerprint density at radius 3 is 2.38 bits per heavy atom. The van der Waals surface area contributed by atoms with Crippen LogP contribution in [0.15, 0.2) is 64.4 Å². The van der Waals surface area contributed by atoms with Crippen LogP contribution in [0.3, 0.4) is 0 Å². The monoisotopic (exact) mass is 1520 g/mol. The number of alkyl halides is 3. The third-order valence-corrected chi connectivity index (χ3v) is 24.0. The molecule has 9 N–H and O–H groups in total. The molecule has 10 aliphatic rings. The van der Waals surface area contributed by atoms with Crippen molar-refractivity contribution in [2.75, 3.05) is 65.0 Å². The van der Waals surface area contributed by atoms with Crippen molar-refractivity contribution in [1.29, 1.82) is 0 Å². The quantitative estimate of drug-likeness (QED) is 0.0176.